The van der Waals surface area contributed by atoms with Crippen molar-refractivity contribution < 1.29 is 13.9 Å². The Hall–Kier alpha value is -1.50. The number of rotatable bonds is 10. The van der Waals surface area contributed by atoms with E-state index in [2.05, 4.69) is 15.3 Å². The molecular formula is C14H24F2N4O. The first kappa shape index (κ1) is 17.6. The van der Waals surface area contributed by atoms with Gasteiger partial charge in [0.15, 0.2) is 0 Å². The van der Waals surface area contributed by atoms with E-state index in [0.29, 0.717) is 23.9 Å². The van der Waals surface area contributed by atoms with Gasteiger partial charge in [0.1, 0.15) is 17.5 Å². The van der Waals surface area contributed by atoms with E-state index >= 15 is 0 Å². The average Bonchev–Trinajstić information content (AvgIpc) is 2.44. The molecule has 0 amide bonds. The molecule has 0 radical (unpaired) electrons. The van der Waals surface area contributed by atoms with Crippen LogP contribution in [0.1, 0.15) is 32.5 Å². The fraction of sp³-hybridized carbons (Fsp3) is 0.714. The number of aliphatic hydroxyl groups excluding tert-OH is 1. The normalized spacial score (nSPS) is 11.0. The quantitative estimate of drug-likeness (QED) is 0.694. The smallest absolute Gasteiger partial charge is 0.255 e. The first-order valence-electron chi connectivity index (χ1n) is 7.36. The maximum Gasteiger partial charge on any atom is 0.255 e. The van der Waals surface area contributed by atoms with Gasteiger partial charge in [-0.15, -0.1) is 0 Å². The molecule has 1 aromatic heterocycles. The molecule has 0 saturated heterocycles. The average molecular weight is 302 g/mol. The van der Waals surface area contributed by atoms with E-state index in [-0.39, 0.29) is 13.2 Å². The van der Waals surface area contributed by atoms with E-state index in [1.807, 2.05) is 13.8 Å². The number of hydrogen-bond donors (Lipinski definition) is 2. The number of hydrogen-bond acceptors (Lipinski definition) is 5. The monoisotopic (exact) mass is 302 g/mol. The molecule has 2 N–H and O–H groups in total. The van der Waals surface area contributed by atoms with Crippen molar-refractivity contribution >= 4 is 11.6 Å². The molecule has 1 rings (SSSR count). The van der Waals surface area contributed by atoms with Crippen LogP contribution >= 0.6 is 0 Å². The van der Waals surface area contributed by atoms with Gasteiger partial charge < -0.3 is 15.3 Å². The third-order valence-electron chi connectivity index (χ3n) is 2.84. The van der Waals surface area contributed by atoms with Crippen LogP contribution in [-0.2, 0) is 6.42 Å². The van der Waals surface area contributed by atoms with Gasteiger partial charge in [-0.2, -0.15) is 0 Å². The second kappa shape index (κ2) is 9.44. The molecule has 0 aliphatic heterocycles. The van der Waals surface area contributed by atoms with Crippen LogP contribution in [0.3, 0.4) is 0 Å². The summed E-state index contributed by atoms with van der Waals surface area (Å²) < 4.78 is 25.3. The van der Waals surface area contributed by atoms with Crippen LogP contribution in [0, 0.1) is 0 Å². The van der Waals surface area contributed by atoms with E-state index < -0.39 is 13.0 Å². The lowest BCUT2D eigenvalue weighted by Crippen LogP contribution is -2.32. The highest BCUT2D eigenvalue weighted by Gasteiger charge is 2.15. The predicted molar refractivity (Wildman–Crippen MR) is 80.1 cm³/mol. The Bertz CT molecular complexity index is 418. The Labute approximate surface area is 124 Å². The van der Waals surface area contributed by atoms with Crippen LogP contribution in [0.25, 0.3) is 0 Å². The lowest BCUT2D eigenvalue weighted by atomic mass is 10.3. The molecule has 0 aliphatic rings. The minimum absolute atomic E-state index is 0.125. The number of anilines is 2. The number of nitrogens with zero attached hydrogens (tertiary/aromatic N) is 3. The lowest BCUT2D eigenvalue weighted by molar-refractivity contribution is 0.152. The Morgan fingerprint density at radius 2 is 2.05 bits per heavy atom. The van der Waals surface area contributed by atoms with Crippen molar-refractivity contribution in [1.82, 2.24) is 9.97 Å². The van der Waals surface area contributed by atoms with Crippen molar-refractivity contribution in [3.8, 4) is 0 Å². The molecule has 0 spiro atoms. The molecule has 120 valence electrons. The zero-order valence-electron chi connectivity index (χ0n) is 12.6. The molecule has 1 heterocycles. The number of aliphatic hydroxyl groups is 1. The van der Waals surface area contributed by atoms with Crippen molar-refractivity contribution in [2.24, 2.45) is 0 Å². The zero-order chi connectivity index (χ0) is 15.7. The molecule has 7 heteroatoms. The minimum Gasteiger partial charge on any atom is -0.395 e. The number of nitrogens with one attached hydrogen (secondary N) is 1. The summed E-state index contributed by atoms with van der Waals surface area (Å²) in [4.78, 5) is 10.1. The van der Waals surface area contributed by atoms with Gasteiger partial charge >= 0.3 is 0 Å². The molecule has 0 aromatic carbocycles. The Balaban J connectivity index is 3.01. The van der Waals surface area contributed by atoms with E-state index in [4.69, 9.17) is 5.11 Å². The fourth-order valence-electron chi connectivity index (χ4n) is 1.91. The molecule has 0 atom stereocenters. The van der Waals surface area contributed by atoms with Crippen LogP contribution in [0.4, 0.5) is 20.4 Å². The summed E-state index contributed by atoms with van der Waals surface area (Å²) in [6, 6.07) is 1.66. The Morgan fingerprint density at radius 1 is 1.29 bits per heavy atom. The van der Waals surface area contributed by atoms with E-state index in [1.165, 1.54) is 4.90 Å². The third-order valence-corrected chi connectivity index (χ3v) is 2.84. The first-order chi connectivity index (χ1) is 10.1. The van der Waals surface area contributed by atoms with Crippen molar-refractivity contribution in [2.75, 3.05) is 36.5 Å². The summed E-state index contributed by atoms with van der Waals surface area (Å²) in [5, 5.41) is 12.2. The van der Waals surface area contributed by atoms with Gasteiger partial charge in [0.2, 0.25) is 0 Å². The van der Waals surface area contributed by atoms with Crippen molar-refractivity contribution in [3.05, 3.63) is 11.9 Å². The van der Waals surface area contributed by atoms with Gasteiger partial charge in [0, 0.05) is 25.6 Å². The molecule has 0 fully saturated rings. The van der Waals surface area contributed by atoms with Gasteiger partial charge in [-0.25, -0.2) is 18.7 Å². The predicted octanol–water partition coefficient (Wildman–Crippen LogP) is 2.31. The molecule has 0 saturated carbocycles. The van der Waals surface area contributed by atoms with Gasteiger partial charge in [-0.05, 0) is 12.8 Å². The summed E-state index contributed by atoms with van der Waals surface area (Å²) in [5.74, 6) is 1.70. The standard InChI is InChI=1S/C14H24F2N4O/c1-3-5-12-18-13(17-6-4-2)9-14(19-12)20(7-8-21)10-11(15)16/h9,11,21H,3-8,10H2,1-2H3,(H,17,18,19). The maximum absolute atomic E-state index is 12.7. The van der Waals surface area contributed by atoms with Gasteiger partial charge in [-0.3, -0.25) is 0 Å². The summed E-state index contributed by atoms with van der Waals surface area (Å²) in [7, 11) is 0. The van der Waals surface area contributed by atoms with Crippen molar-refractivity contribution in [1.29, 1.82) is 0 Å². The van der Waals surface area contributed by atoms with Gasteiger partial charge in [0.05, 0.1) is 13.2 Å². The van der Waals surface area contributed by atoms with E-state index in [1.54, 1.807) is 6.07 Å². The van der Waals surface area contributed by atoms with E-state index in [0.717, 1.165) is 19.4 Å². The largest absolute Gasteiger partial charge is 0.395 e. The van der Waals surface area contributed by atoms with Crippen molar-refractivity contribution in [2.45, 2.75) is 39.5 Å². The summed E-state index contributed by atoms with van der Waals surface area (Å²) >= 11 is 0. The SMILES string of the molecule is CCCNc1cc(N(CCO)CC(F)F)nc(CCC)n1. The first-order valence-corrected chi connectivity index (χ1v) is 7.36. The minimum atomic E-state index is -2.48. The van der Waals surface area contributed by atoms with Gasteiger partial charge in [-0.1, -0.05) is 13.8 Å². The summed E-state index contributed by atoms with van der Waals surface area (Å²) in [6.07, 6.45) is 0.0370. The molecule has 0 aliphatic carbocycles. The second-order valence-corrected chi connectivity index (χ2v) is 4.77. The number of alkyl halides is 2. The topological polar surface area (TPSA) is 61.3 Å². The maximum atomic E-state index is 12.7. The zero-order valence-corrected chi connectivity index (χ0v) is 12.6. The molecule has 21 heavy (non-hydrogen) atoms. The summed E-state index contributed by atoms with van der Waals surface area (Å²) in [6.45, 7) is 4.29. The Kier molecular flexibility index (Phi) is 7.89. The van der Waals surface area contributed by atoms with Crippen LogP contribution in [0.15, 0.2) is 6.07 Å². The highest BCUT2D eigenvalue weighted by Crippen LogP contribution is 2.18. The van der Waals surface area contributed by atoms with Crippen LogP contribution in [0.5, 0.6) is 0 Å². The second-order valence-electron chi connectivity index (χ2n) is 4.77. The number of aromatic nitrogens is 2. The molecule has 0 unspecified atom stereocenters. The van der Waals surface area contributed by atoms with Crippen LogP contribution in [-0.4, -0.2) is 47.7 Å². The molecular weight excluding hydrogens is 278 g/mol. The fourth-order valence-corrected chi connectivity index (χ4v) is 1.91. The summed E-state index contributed by atoms with van der Waals surface area (Å²) in [5.41, 5.74) is 0. The number of aryl methyl sites for hydroxylation is 1. The molecule has 5 nitrogen and oxygen atoms in total. The molecule has 0 bridgehead atoms. The van der Waals surface area contributed by atoms with E-state index in [9.17, 15) is 8.78 Å². The van der Waals surface area contributed by atoms with Crippen LogP contribution in [0.2, 0.25) is 0 Å². The Morgan fingerprint density at radius 3 is 2.62 bits per heavy atom. The van der Waals surface area contributed by atoms with Crippen molar-refractivity contribution in [3.63, 3.8) is 0 Å². The highest BCUT2D eigenvalue weighted by atomic mass is 19.3. The van der Waals surface area contributed by atoms with Crippen LogP contribution < -0.4 is 10.2 Å². The lowest BCUT2D eigenvalue weighted by Gasteiger charge is -2.23. The number of halogens is 2. The third kappa shape index (κ3) is 6.20. The van der Waals surface area contributed by atoms with Gasteiger partial charge in [0.25, 0.3) is 6.43 Å². The highest BCUT2D eigenvalue weighted by molar-refractivity contribution is 5.49. The molecule has 1 aromatic rings.